The van der Waals surface area contributed by atoms with Crippen molar-refractivity contribution in [2.24, 2.45) is 0 Å². The van der Waals surface area contributed by atoms with Crippen LogP contribution in [0.5, 0.6) is 11.5 Å². The van der Waals surface area contributed by atoms with E-state index in [-0.39, 0.29) is 18.6 Å². The van der Waals surface area contributed by atoms with E-state index in [0.29, 0.717) is 41.6 Å². The molecule has 0 fully saturated rings. The number of Topliss-reactive ketones (excluding diaryl/α,β-unsaturated/α-hetero) is 1. The van der Waals surface area contributed by atoms with E-state index < -0.39 is 12.1 Å². The molecule has 2 heterocycles. The molecule has 1 aliphatic rings. The molecule has 0 bridgehead atoms. The second kappa shape index (κ2) is 7.38. The highest BCUT2D eigenvalue weighted by atomic mass is 16.6. The van der Waals surface area contributed by atoms with Crippen LogP contribution >= 0.6 is 0 Å². The standard InChI is InChI=1S/C18H19NO6/c1-11(14-10-19-25-12(14)2)24-18(21)6-4-15(20)13-3-5-16-17(9-13)23-8-7-22-16/h3,5,9-11H,4,6-8H2,1-2H3/t11-/m1/s1. The van der Waals surface area contributed by atoms with E-state index >= 15 is 0 Å². The van der Waals surface area contributed by atoms with Gasteiger partial charge in [0.15, 0.2) is 17.3 Å². The van der Waals surface area contributed by atoms with Crippen LogP contribution in [0.25, 0.3) is 0 Å². The van der Waals surface area contributed by atoms with Gasteiger partial charge in [0.2, 0.25) is 0 Å². The first-order valence-electron chi connectivity index (χ1n) is 8.08. The Labute approximate surface area is 144 Å². The summed E-state index contributed by atoms with van der Waals surface area (Å²) in [7, 11) is 0. The Morgan fingerprint density at radius 3 is 2.68 bits per heavy atom. The third-order valence-corrected chi connectivity index (χ3v) is 3.95. The van der Waals surface area contributed by atoms with Crippen LogP contribution in [0.15, 0.2) is 28.9 Å². The number of fused-ring (bicyclic) bond motifs is 1. The molecule has 3 rings (SSSR count). The van der Waals surface area contributed by atoms with Gasteiger partial charge in [-0.1, -0.05) is 5.16 Å². The van der Waals surface area contributed by atoms with Gasteiger partial charge in [0, 0.05) is 12.0 Å². The van der Waals surface area contributed by atoms with Gasteiger partial charge in [0.25, 0.3) is 0 Å². The Morgan fingerprint density at radius 1 is 1.20 bits per heavy atom. The van der Waals surface area contributed by atoms with Crippen molar-refractivity contribution in [2.45, 2.75) is 32.8 Å². The molecule has 0 N–H and O–H groups in total. The van der Waals surface area contributed by atoms with Gasteiger partial charge in [-0.3, -0.25) is 9.59 Å². The first kappa shape index (κ1) is 17.0. The fourth-order valence-electron chi connectivity index (χ4n) is 2.59. The summed E-state index contributed by atoms with van der Waals surface area (Å²) >= 11 is 0. The normalized spacial score (nSPS) is 14.0. The molecule has 1 atom stereocenters. The monoisotopic (exact) mass is 345 g/mol. The summed E-state index contributed by atoms with van der Waals surface area (Å²) < 4.78 is 21.2. The molecule has 0 aliphatic carbocycles. The molecule has 0 spiro atoms. The smallest absolute Gasteiger partial charge is 0.306 e. The molecule has 2 aromatic rings. The van der Waals surface area contributed by atoms with Crippen LogP contribution in [0.3, 0.4) is 0 Å². The van der Waals surface area contributed by atoms with Crippen LogP contribution in [0.1, 0.15) is 47.6 Å². The van der Waals surface area contributed by atoms with Gasteiger partial charge in [-0.25, -0.2) is 0 Å². The van der Waals surface area contributed by atoms with E-state index in [2.05, 4.69) is 5.16 Å². The van der Waals surface area contributed by atoms with E-state index in [1.54, 1.807) is 32.0 Å². The minimum atomic E-state index is -0.469. The highest BCUT2D eigenvalue weighted by molar-refractivity contribution is 5.98. The summed E-state index contributed by atoms with van der Waals surface area (Å²) in [6.07, 6.45) is 1.12. The number of hydrogen-bond donors (Lipinski definition) is 0. The third-order valence-electron chi connectivity index (χ3n) is 3.95. The number of benzene rings is 1. The van der Waals surface area contributed by atoms with Gasteiger partial charge < -0.3 is 18.7 Å². The van der Waals surface area contributed by atoms with Crippen molar-refractivity contribution < 1.29 is 28.3 Å². The third kappa shape index (κ3) is 3.99. The summed E-state index contributed by atoms with van der Waals surface area (Å²) in [5.41, 5.74) is 1.20. The molecule has 7 nitrogen and oxygen atoms in total. The number of carbonyl (C=O) groups is 2. The number of ketones is 1. The van der Waals surface area contributed by atoms with Crippen molar-refractivity contribution in [2.75, 3.05) is 13.2 Å². The zero-order chi connectivity index (χ0) is 17.8. The minimum Gasteiger partial charge on any atom is -0.486 e. The fraction of sp³-hybridized carbons (Fsp3) is 0.389. The molecular weight excluding hydrogens is 326 g/mol. The highest BCUT2D eigenvalue weighted by Crippen LogP contribution is 2.31. The quantitative estimate of drug-likeness (QED) is 0.587. The Kier molecular flexibility index (Phi) is 5.02. The van der Waals surface area contributed by atoms with Crippen LogP contribution in [-0.4, -0.2) is 30.1 Å². The maximum atomic E-state index is 12.3. The number of aryl methyl sites for hydroxylation is 1. The summed E-state index contributed by atoms with van der Waals surface area (Å²) in [4.78, 5) is 24.2. The van der Waals surface area contributed by atoms with Crippen LogP contribution in [0, 0.1) is 6.92 Å². The summed E-state index contributed by atoms with van der Waals surface area (Å²) in [6.45, 7) is 4.44. The average Bonchev–Trinajstić information content (AvgIpc) is 3.05. The lowest BCUT2D eigenvalue weighted by molar-refractivity contribution is -0.148. The lowest BCUT2D eigenvalue weighted by atomic mass is 10.1. The predicted octanol–water partition coefficient (Wildman–Crippen LogP) is 3.02. The molecular formula is C18H19NO6. The van der Waals surface area contributed by atoms with E-state index in [9.17, 15) is 9.59 Å². The van der Waals surface area contributed by atoms with Gasteiger partial charge in [-0.2, -0.15) is 0 Å². The molecule has 7 heteroatoms. The molecule has 0 saturated heterocycles. The van der Waals surface area contributed by atoms with Crippen molar-refractivity contribution in [1.82, 2.24) is 5.16 Å². The molecule has 0 radical (unpaired) electrons. The Balaban J connectivity index is 1.53. The van der Waals surface area contributed by atoms with Gasteiger partial charge in [-0.15, -0.1) is 0 Å². The van der Waals surface area contributed by atoms with Crippen LogP contribution in [0.4, 0.5) is 0 Å². The largest absolute Gasteiger partial charge is 0.486 e. The summed E-state index contributed by atoms with van der Waals surface area (Å²) in [5, 5.41) is 3.66. The fourth-order valence-corrected chi connectivity index (χ4v) is 2.59. The Hall–Kier alpha value is -2.83. The molecule has 132 valence electrons. The zero-order valence-electron chi connectivity index (χ0n) is 14.1. The second-order valence-corrected chi connectivity index (χ2v) is 5.75. The van der Waals surface area contributed by atoms with E-state index in [4.69, 9.17) is 18.7 Å². The maximum Gasteiger partial charge on any atom is 0.306 e. The van der Waals surface area contributed by atoms with Crippen molar-refractivity contribution in [3.63, 3.8) is 0 Å². The minimum absolute atomic E-state index is 0.00193. The molecule has 0 amide bonds. The van der Waals surface area contributed by atoms with Crippen LogP contribution in [0.2, 0.25) is 0 Å². The van der Waals surface area contributed by atoms with E-state index in [0.717, 1.165) is 0 Å². The predicted molar refractivity (Wildman–Crippen MR) is 86.7 cm³/mol. The van der Waals surface area contributed by atoms with E-state index in [1.165, 1.54) is 6.20 Å². The topological polar surface area (TPSA) is 87.9 Å². The SMILES string of the molecule is Cc1oncc1[C@@H](C)OC(=O)CCC(=O)c1ccc2c(c1)OCCO2. The number of hydrogen-bond acceptors (Lipinski definition) is 7. The van der Waals surface area contributed by atoms with Crippen LogP contribution < -0.4 is 9.47 Å². The molecule has 1 aliphatic heterocycles. The number of nitrogens with zero attached hydrogens (tertiary/aromatic N) is 1. The Bertz CT molecular complexity index is 782. The number of esters is 1. The van der Waals surface area contributed by atoms with Crippen molar-refractivity contribution >= 4 is 11.8 Å². The number of carbonyl (C=O) groups excluding carboxylic acids is 2. The maximum absolute atomic E-state index is 12.3. The summed E-state index contributed by atoms with van der Waals surface area (Å²) in [6, 6.07) is 5.02. The zero-order valence-corrected chi connectivity index (χ0v) is 14.1. The lowest BCUT2D eigenvalue weighted by Crippen LogP contribution is -2.16. The van der Waals surface area contributed by atoms with Crippen molar-refractivity contribution in [3.8, 4) is 11.5 Å². The average molecular weight is 345 g/mol. The van der Waals surface area contributed by atoms with Gasteiger partial charge >= 0.3 is 5.97 Å². The summed E-state index contributed by atoms with van der Waals surface area (Å²) in [5.74, 6) is 1.19. The molecule has 25 heavy (non-hydrogen) atoms. The molecule has 0 saturated carbocycles. The second-order valence-electron chi connectivity index (χ2n) is 5.75. The molecule has 1 aromatic carbocycles. The van der Waals surface area contributed by atoms with Gasteiger partial charge in [0.05, 0.1) is 18.2 Å². The number of ether oxygens (including phenoxy) is 3. The first-order valence-corrected chi connectivity index (χ1v) is 8.08. The number of rotatable bonds is 6. The van der Waals surface area contributed by atoms with Crippen LogP contribution in [-0.2, 0) is 9.53 Å². The molecule has 1 aromatic heterocycles. The van der Waals surface area contributed by atoms with Crippen molar-refractivity contribution in [3.05, 3.63) is 41.3 Å². The highest BCUT2D eigenvalue weighted by Gasteiger charge is 2.19. The number of aromatic nitrogens is 1. The van der Waals surface area contributed by atoms with Gasteiger partial charge in [0.1, 0.15) is 25.1 Å². The van der Waals surface area contributed by atoms with Crippen molar-refractivity contribution in [1.29, 1.82) is 0 Å². The first-order chi connectivity index (χ1) is 12.0. The van der Waals surface area contributed by atoms with Gasteiger partial charge in [-0.05, 0) is 32.0 Å². The Morgan fingerprint density at radius 2 is 1.96 bits per heavy atom. The lowest BCUT2D eigenvalue weighted by Gasteiger charge is -2.18. The molecule has 0 unspecified atom stereocenters. The van der Waals surface area contributed by atoms with E-state index in [1.807, 2.05) is 0 Å².